The van der Waals surface area contributed by atoms with E-state index in [1.54, 1.807) is 42.5 Å². The Bertz CT molecular complexity index is 1180. The van der Waals surface area contributed by atoms with E-state index < -0.39 is 21.6 Å². The maximum Gasteiger partial charge on any atom is 0.336 e. The highest BCUT2D eigenvalue weighted by atomic mass is 32.2. The third kappa shape index (κ3) is 6.01. The Morgan fingerprint density at radius 3 is 2.50 bits per heavy atom. The van der Waals surface area contributed by atoms with Gasteiger partial charge in [0.1, 0.15) is 11.3 Å². The molecule has 0 atom stereocenters. The Hall–Kier alpha value is -2.97. The first-order valence-corrected chi connectivity index (χ1v) is 11.1. The Morgan fingerprint density at radius 2 is 1.73 bits per heavy atom. The van der Waals surface area contributed by atoms with Crippen LogP contribution in [0.15, 0.2) is 68.7 Å². The lowest BCUT2D eigenvalue weighted by Gasteiger charge is -2.07. The average Bonchev–Trinajstić information content (AvgIpc) is 2.70. The van der Waals surface area contributed by atoms with Crippen LogP contribution in [-0.2, 0) is 14.8 Å². The number of ether oxygens (including phenoxy) is 1. The van der Waals surface area contributed by atoms with E-state index in [1.807, 2.05) is 6.92 Å². The number of rotatable bonds is 9. The number of nitrogens with one attached hydrogen (secondary N) is 1. The van der Waals surface area contributed by atoms with Crippen LogP contribution in [-0.4, -0.2) is 20.9 Å². The number of benzene rings is 2. The van der Waals surface area contributed by atoms with Gasteiger partial charge in [-0.3, -0.25) is 4.79 Å². The number of carbonyl (C=O) groups is 1. The van der Waals surface area contributed by atoms with Gasteiger partial charge in [-0.1, -0.05) is 24.1 Å². The molecule has 1 aromatic heterocycles. The quantitative estimate of drug-likeness (QED) is 0.242. The van der Waals surface area contributed by atoms with Gasteiger partial charge in [0, 0.05) is 30.5 Å². The van der Waals surface area contributed by atoms with Gasteiger partial charge in [0.2, 0.25) is 10.0 Å². The predicted molar refractivity (Wildman–Crippen MR) is 113 cm³/mol. The number of unbranched alkanes of at least 4 members (excludes halogenated alkanes) is 2. The van der Waals surface area contributed by atoms with Gasteiger partial charge in [0.05, 0.1) is 4.90 Å². The number of aryl methyl sites for hydroxylation is 1. The monoisotopic (exact) mass is 429 g/mol. The zero-order valence-corrected chi connectivity index (χ0v) is 17.4. The maximum absolute atomic E-state index is 12.2. The molecule has 0 unspecified atom stereocenters. The first-order chi connectivity index (χ1) is 14.3. The van der Waals surface area contributed by atoms with E-state index in [0.717, 1.165) is 10.9 Å². The maximum atomic E-state index is 12.2. The Labute approximate surface area is 174 Å². The lowest BCUT2D eigenvalue weighted by atomic mass is 10.2. The van der Waals surface area contributed by atoms with E-state index in [9.17, 15) is 18.0 Å². The molecule has 8 heteroatoms. The molecule has 0 fully saturated rings. The summed E-state index contributed by atoms with van der Waals surface area (Å²) in [5, 5.41) is 0.738. The molecule has 0 amide bonds. The molecule has 0 saturated carbocycles. The van der Waals surface area contributed by atoms with E-state index >= 15 is 0 Å². The second-order valence-corrected chi connectivity index (χ2v) is 8.72. The highest BCUT2D eigenvalue weighted by molar-refractivity contribution is 7.89. The number of hydrogen-bond acceptors (Lipinski definition) is 6. The predicted octanol–water partition coefficient (Wildman–Crippen LogP) is 3.55. The number of carbonyl (C=O) groups excluding carboxylic acids is 1. The highest BCUT2D eigenvalue weighted by Gasteiger charge is 2.12. The third-order valence-electron chi connectivity index (χ3n) is 4.51. The molecule has 0 aliphatic rings. The molecule has 0 spiro atoms. The van der Waals surface area contributed by atoms with Crippen LogP contribution >= 0.6 is 0 Å². The largest absolute Gasteiger partial charge is 0.426 e. The van der Waals surface area contributed by atoms with Crippen molar-refractivity contribution < 1.29 is 22.4 Å². The van der Waals surface area contributed by atoms with Crippen molar-refractivity contribution in [3.05, 3.63) is 70.6 Å². The van der Waals surface area contributed by atoms with Gasteiger partial charge in [-0.15, -0.1) is 0 Å². The van der Waals surface area contributed by atoms with Gasteiger partial charge in [-0.05, 0) is 50.1 Å². The second-order valence-electron chi connectivity index (χ2n) is 6.95. The summed E-state index contributed by atoms with van der Waals surface area (Å²) in [5.74, 6) is -0.0828. The lowest BCUT2D eigenvalue weighted by Crippen LogP contribution is -2.24. The smallest absolute Gasteiger partial charge is 0.336 e. The molecule has 30 heavy (non-hydrogen) atoms. The Morgan fingerprint density at radius 1 is 1.00 bits per heavy atom. The first-order valence-electron chi connectivity index (χ1n) is 9.64. The SMILES string of the molecule is Cc1ccc(S(=O)(=O)NCCCCCC(=O)Oc2ccc3ccc(=O)oc3c2)cc1. The Balaban J connectivity index is 1.39. The molecule has 3 aromatic rings. The molecule has 0 aliphatic heterocycles. The zero-order chi connectivity index (χ0) is 21.6. The molecular formula is C22H23NO6S. The Kier molecular flexibility index (Phi) is 7.02. The lowest BCUT2D eigenvalue weighted by molar-refractivity contribution is -0.134. The van der Waals surface area contributed by atoms with Crippen LogP contribution in [0.25, 0.3) is 11.0 Å². The van der Waals surface area contributed by atoms with Crippen LogP contribution in [0.4, 0.5) is 0 Å². The van der Waals surface area contributed by atoms with E-state index in [1.165, 1.54) is 12.1 Å². The van der Waals surface area contributed by atoms with Crippen LogP contribution < -0.4 is 15.1 Å². The molecular weight excluding hydrogens is 406 g/mol. The van der Waals surface area contributed by atoms with Crippen LogP contribution in [0.1, 0.15) is 31.2 Å². The molecule has 0 aliphatic carbocycles. The van der Waals surface area contributed by atoms with Crippen molar-refractivity contribution in [3.8, 4) is 5.75 Å². The summed E-state index contributed by atoms with van der Waals surface area (Å²) in [4.78, 5) is 23.5. The zero-order valence-electron chi connectivity index (χ0n) is 16.6. The third-order valence-corrected chi connectivity index (χ3v) is 5.98. The summed E-state index contributed by atoms with van der Waals surface area (Å²) in [6.45, 7) is 2.20. The van der Waals surface area contributed by atoms with Gasteiger partial charge < -0.3 is 9.15 Å². The summed E-state index contributed by atoms with van der Waals surface area (Å²) in [5.41, 5.74) is 0.881. The van der Waals surface area contributed by atoms with Crippen molar-refractivity contribution in [2.45, 2.75) is 37.5 Å². The van der Waals surface area contributed by atoms with Crippen molar-refractivity contribution in [2.24, 2.45) is 0 Å². The van der Waals surface area contributed by atoms with Crippen molar-refractivity contribution >= 4 is 27.0 Å². The molecule has 7 nitrogen and oxygen atoms in total. The van der Waals surface area contributed by atoms with Crippen LogP contribution in [0.2, 0.25) is 0 Å². The number of esters is 1. The van der Waals surface area contributed by atoms with Crippen molar-refractivity contribution in [1.29, 1.82) is 0 Å². The van der Waals surface area contributed by atoms with Gasteiger partial charge in [-0.25, -0.2) is 17.9 Å². The average molecular weight is 429 g/mol. The molecule has 158 valence electrons. The van der Waals surface area contributed by atoms with Crippen molar-refractivity contribution in [1.82, 2.24) is 4.72 Å². The van der Waals surface area contributed by atoms with E-state index in [2.05, 4.69) is 4.72 Å². The van der Waals surface area contributed by atoms with Gasteiger partial charge in [-0.2, -0.15) is 0 Å². The van der Waals surface area contributed by atoms with E-state index in [-0.39, 0.29) is 11.3 Å². The van der Waals surface area contributed by atoms with Crippen molar-refractivity contribution in [2.75, 3.05) is 6.54 Å². The molecule has 3 rings (SSSR count). The molecule has 2 aromatic carbocycles. The van der Waals surface area contributed by atoms with E-state index in [0.29, 0.717) is 37.1 Å². The molecule has 1 N–H and O–H groups in total. The number of fused-ring (bicyclic) bond motifs is 1. The molecule has 0 saturated heterocycles. The van der Waals surface area contributed by atoms with Crippen LogP contribution in [0, 0.1) is 6.92 Å². The molecule has 0 radical (unpaired) electrons. The van der Waals surface area contributed by atoms with Gasteiger partial charge in [0.15, 0.2) is 0 Å². The minimum Gasteiger partial charge on any atom is -0.426 e. The van der Waals surface area contributed by atoms with Gasteiger partial charge in [0.25, 0.3) is 0 Å². The molecule has 1 heterocycles. The van der Waals surface area contributed by atoms with E-state index in [4.69, 9.17) is 9.15 Å². The summed E-state index contributed by atoms with van der Waals surface area (Å²) >= 11 is 0. The fourth-order valence-corrected chi connectivity index (χ4v) is 3.94. The van der Waals surface area contributed by atoms with Gasteiger partial charge >= 0.3 is 11.6 Å². The topological polar surface area (TPSA) is 103 Å². The first kappa shape index (κ1) is 21.7. The van der Waals surface area contributed by atoms with Crippen LogP contribution in [0.5, 0.6) is 5.75 Å². The standard InChI is InChI=1S/C22H23NO6S/c1-16-6-11-19(12-7-16)30(26,27)23-14-4-2-3-5-21(24)28-18-10-8-17-9-13-22(25)29-20(17)15-18/h6-13,15,23H,2-5,14H2,1H3. The van der Waals surface area contributed by atoms with Crippen LogP contribution in [0.3, 0.4) is 0 Å². The second kappa shape index (κ2) is 9.69. The fourth-order valence-electron chi connectivity index (χ4n) is 2.87. The minimum absolute atomic E-state index is 0.210. The molecule has 0 bridgehead atoms. The summed E-state index contributed by atoms with van der Waals surface area (Å²) in [6.07, 6.45) is 2.08. The number of hydrogen-bond donors (Lipinski definition) is 1. The summed E-state index contributed by atoms with van der Waals surface area (Å²) < 4.78 is 37.3. The fraction of sp³-hybridized carbons (Fsp3) is 0.273. The summed E-state index contributed by atoms with van der Waals surface area (Å²) in [6, 6.07) is 14.5. The minimum atomic E-state index is -3.52. The number of sulfonamides is 1. The highest BCUT2D eigenvalue weighted by Crippen LogP contribution is 2.20. The normalized spacial score (nSPS) is 11.5. The van der Waals surface area contributed by atoms with Crippen molar-refractivity contribution in [3.63, 3.8) is 0 Å². The summed E-state index contributed by atoms with van der Waals surface area (Å²) in [7, 11) is -3.52.